The molecule has 0 radical (unpaired) electrons. The van der Waals surface area contributed by atoms with Gasteiger partial charge in [-0.25, -0.2) is 14.4 Å². The molecule has 116 valence electrons. The maximum absolute atomic E-state index is 11.7. The van der Waals surface area contributed by atoms with Gasteiger partial charge in [0.15, 0.2) is 0 Å². The van der Waals surface area contributed by atoms with Gasteiger partial charge in [0, 0.05) is 20.3 Å². The summed E-state index contributed by atoms with van der Waals surface area (Å²) in [5, 5.41) is 9.13. The van der Waals surface area contributed by atoms with Crippen molar-refractivity contribution in [3.05, 3.63) is 11.6 Å². The van der Waals surface area contributed by atoms with Crippen LogP contribution in [0, 0.1) is 0 Å². The van der Waals surface area contributed by atoms with Crippen molar-refractivity contribution < 1.29 is 33.8 Å². The van der Waals surface area contributed by atoms with Crippen molar-refractivity contribution >= 4 is 23.8 Å². The molecular weight excluding hydrogens is 284 g/mol. The average molecular weight is 300 g/mol. The van der Waals surface area contributed by atoms with Gasteiger partial charge in [0.2, 0.25) is 5.91 Å². The van der Waals surface area contributed by atoms with Crippen molar-refractivity contribution in [1.29, 1.82) is 0 Å². The fourth-order valence-corrected chi connectivity index (χ4v) is 1.61. The molecule has 1 aliphatic rings. The number of esters is 2. The molecule has 1 rings (SSSR count). The normalized spacial score (nSPS) is 20.0. The summed E-state index contributed by atoms with van der Waals surface area (Å²) in [7, 11) is 0. The van der Waals surface area contributed by atoms with Crippen LogP contribution >= 0.6 is 0 Å². The number of hydrogen-bond acceptors (Lipinski definition) is 7. The summed E-state index contributed by atoms with van der Waals surface area (Å²) < 4.78 is 9.64. The minimum Gasteiger partial charge on any atom is -0.480 e. The first-order chi connectivity index (χ1) is 9.47. The van der Waals surface area contributed by atoms with Gasteiger partial charge in [-0.1, -0.05) is 0 Å². The molecular formula is C12H16N2O7. The van der Waals surface area contributed by atoms with Crippen LogP contribution < -0.4 is 11.5 Å². The Labute approximate surface area is 119 Å². The molecule has 0 spiro atoms. The van der Waals surface area contributed by atoms with Crippen molar-refractivity contribution in [1.82, 2.24) is 0 Å². The minimum atomic E-state index is -2.12. The van der Waals surface area contributed by atoms with Gasteiger partial charge in [0.05, 0.1) is 0 Å². The molecule has 9 nitrogen and oxygen atoms in total. The maximum atomic E-state index is 11.7. The van der Waals surface area contributed by atoms with Crippen molar-refractivity contribution in [3.63, 3.8) is 0 Å². The summed E-state index contributed by atoms with van der Waals surface area (Å²) in [6, 6.07) is 0. The number of carboxylic acid groups (broad SMARTS) is 1. The quantitative estimate of drug-likeness (QED) is 0.324. The summed E-state index contributed by atoms with van der Waals surface area (Å²) in [6.45, 7) is 2.69. The molecule has 1 unspecified atom stereocenters. The van der Waals surface area contributed by atoms with Crippen molar-refractivity contribution in [2.24, 2.45) is 11.5 Å². The average Bonchev–Trinajstić information content (AvgIpc) is 2.30. The molecule has 0 aromatic carbocycles. The lowest BCUT2D eigenvalue weighted by atomic mass is 9.91. The molecule has 0 saturated carbocycles. The summed E-state index contributed by atoms with van der Waals surface area (Å²) in [6.07, 6.45) is 0.00542. The number of carbonyl (C=O) groups excluding carboxylic acids is 3. The van der Waals surface area contributed by atoms with Crippen LogP contribution in [-0.2, 0) is 28.7 Å². The first-order valence-electron chi connectivity index (χ1n) is 5.97. The van der Waals surface area contributed by atoms with Crippen molar-refractivity contribution in [3.8, 4) is 0 Å². The summed E-state index contributed by atoms with van der Waals surface area (Å²) >= 11 is 0. The number of ether oxygens (including phenoxy) is 2. The SMILES string of the molecule is CC1(C)OC(=O)C(=CC(N)(CCC(N)=O)C(=O)O)C(=O)O1. The van der Waals surface area contributed by atoms with Crippen LogP contribution in [0.3, 0.4) is 0 Å². The second kappa shape index (κ2) is 5.52. The highest BCUT2D eigenvalue weighted by molar-refractivity contribution is 6.16. The zero-order chi connectivity index (χ0) is 16.4. The second-order valence-electron chi connectivity index (χ2n) is 5.05. The molecule has 9 heteroatoms. The molecule has 21 heavy (non-hydrogen) atoms. The van der Waals surface area contributed by atoms with E-state index in [1.54, 1.807) is 0 Å². The fourth-order valence-electron chi connectivity index (χ4n) is 1.61. The van der Waals surface area contributed by atoms with Crippen LogP contribution in [0.4, 0.5) is 0 Å². The number of hydrogen-bond donors (Lipinski definition) is 3. The topological polar surface area (TPSA) is 159 Å². The Kier molecular flexibility index (Phi) is 4.37. The predicted molar refractivity (Wildman–Crippen MR) is 67.3 cm³/mol. The van der Waals surface area contributed by atoms with Gasteiger partial charge in [-0.3, -0.25) is 4.79 Å². The number of primary amides is 1. The third-order valence-electron chi connectivity index (χ3n) is 2.70. The van der Waals surface area contributed by atoms with E-state index in [0.29, 0.717) is 0 Å². The minimum absolute atomic E-state index is 0.331. The van der Waals surface area contributed by atoms with E-state index in [2.05, 4.69) is 0 Å². The van der Waals surface area contributed by atoms with E-state index in [1.807, 2.05) is 0 Å². The third-order valence-corrected chi connectivity index (χ3v) is 2.70. The smallest absolute Gasteiger partial charge is 0.348 e. The third kappa shape index (κ3) is 4.02. The first kappa shape index (κ1) is 16.6. The van der Waals surface area contributed by atoms with Gasteiger partial charge in [0.1, 0.15) is 11.1 Å². The van der Waals surface area contributed by atoms with E-state index >= 15 is 0 Å². The number of aliphatic carboxylic acids is 1. The van der Waals surface area contributed by atoms with E-state index in [1.165, 1.54) is 13.8 Å². The van der Waals surface area contributed by atoms with Gasteiger partial charge in [0.25, 0.3) is 5.79 Å². The van der Waals surface area contributed by atoms with E-state index in [4.69, 9.17) is 26.0 Å². The monoisotopic (exact) mass is 300 g/mol. The highest BCUT2D eigenvalue weighted by Crippen LogP contribution is 2.25. The molecule has 1 atom stereocenters. The number of amides is 1. The van der Waals surface area contributed by atoms with E-state index in [0.717, 1.165) is 6.08 Å². The lowest BCUT2D eigenvalue weighted by Crippen LogP contribution is -2.49. The molecule has 1 fully saturated rings. The van der Waals surface area contributed by atoms with Crippen LogP contribution in [0.25, 0.3) is 0 Å². The van der Waals surface area contributed by atoms with Crippen molar-refractivity contribution in [2.45, 2.75) is 38.0 Å². The number of rotatable bonds is 5. The Balaban J connectivity index is 3.11. The van der Waals surface area contributed by atoms with E-state index in [-0.39, 0.29) is 12.8 Å². The molecule has 0 aromatic heterocycles. The molecule has 0 bridgehead atoms. The fraction of sp³-hybridized carbons (Fsp3) is 0.500. The van der Waals surface area contributed by atoms with Crippen LogP contribution in [0.15, 0.2) is 11.6 Å². The largest absolute Gasteiger partial charge is 0.480 e. The van der Waals surface area contributed by atoms with Gasteiger partial charge < -0.3 is 26.0 Å². The number of cyclic esters (lactones) is 2. The molecule has 0 aromatic rings. The molecule has 1 amide bonds. The highest BCUT2D eigenvalue weighted by atomic mass is 16.7. The Morgan fingerprint density at radius 1 is 1.29 bits per heavy atom. The standard InChI is InChI=1S/C12H16N2O7/c1-11(2)20-8(16)6(9(17)21-11)5-12(14,10(18)19)4-3-7(13)15/h5H,3-4,14H2,1-2H3,(H2,13,15)(H,18,19). The van der Waals surface area contributed by atoms with E-state index in [9.17, 15) is 19.2 Å². The lowest BCUT2D eigenvalue weighted by molar-refractivity contribution is -0.222. The summed E-state index contributed by atoms with van der Waals surface area (Å²) in [5.74, 6) is -5.84. The number of carbonyl (C=O) groups is 4. The van der Waals surface area contributed by atoms with Gasteiger partial charge >= 0.3 is 17.9 Å². The zero-order valence-corrected chi connectivity index (χ0v) is 11.5. The molecule has 1 aliphatic heterocycles. The van der Waals surface area contributed by atoms with Crippen molar-refractivity contribution in [2.75, 3.05) is 0 Å². The van der Waals surface area contributed by atoms with Crippen LogP contribution in [0.5, 0.6) is 0 Å². The second-order valence-corrected chi connectivity index (χ2v) is 5.05. The van der Waals surface area contributed by atoms with Gasteiger partial charge in [-0.05, 0) is 12.5 Å². The van der Waals surface area contributed by atoms with Gasteiger partial charge in [-0.15, -0.1) is 0 Å². The Hall–Kier alpha value is -2.42. The molecule has 1 heterocycles. The Morgan fingerprint density at radius 2 is 1.76 bits per heavy atom. The van der Waals surface area contributed by atoms with Crippen LogP contribution in [0.1, 0.15) is 26.7 Å². The van der Waals surface area contributed by atoms with Gasteiger partial charge in [-0.2, -0.15) is 0 Å². The maximum Gasteiger partial charge on any atom is 0.348 e. The molecule has 0 aliphatic carbocycles. The number of carboxylic acids is 1. The summed E-state index contributed by atoms with van der Waals surface area (Å²) in [5.41, 5.74) is 7.79. The Morgan fingerprint density at radius 3 is 2.14 bits per heavy atom. The van der Waals surface area contributed by atoms with Crippen LogP contribution in [-0.4, -0.2) is 40.2 Å². The lowest BCUT2D eigenvalue weighted by Gasteiger charge is -2.31. The van der Waals surface area contributed by atoms with Crippen LogP contribution in [0.2, 0.25) is 0 Å². The summed E-state index contributed by atoms with van der Waals surface area (Å²) in [4.78, 5) is 45.4. The first-order valence-corrected chi connectivity index (χ1v) is 5.97. The highest BCUT2D eigenvalue weighted by Gasteiger charge is 2.42. The zero-order valence-electron chi connectivity index (χ0n) is 11.5. The predicted octanol–water partition coefficient (Wildman–Crippen LogP) is -1.20. The number of nitrogens with two attached hydrogens (primary N) is 2. The molecule has 5 N–H and O–H groups in total. The molecule has 1 saturated heterocycles. The van der Waals surface area contributed by atoms with E-state index < -0.39 is 40.7 Å². The Bertz CT molecular complexity index is 516.